The van der Waals surface area contributed by atoms with E-state index in [0.29, 0.717) is 12.3 Å². The number of halogens is 3. The highest BCUT2D eigenvalue weighted by Gasteiger charge is 2.47. The van der Waals surface area contributed by atoms with Gasteiger partial charge in [-0.3, -0.25) is 4.79 Å². The molecule has 1 amide bonds. The van der Waals surface area contributed by atoms with E-state index in [0.717, 1.165) is 16.0 Å². The molecule has 1 atom stereocenters. The first kappa shape index (κ1) is 15.8. The Hall–Kier alpha value is -1.56. The van der Waals surface area contributed by atoms with Gasteiger partial charge in [-0.1, -0.05) is 38.1 Å². The zero-order chi connectivity index (χ0) is 15.8. The Morgan fingerprint density at radius 2 is 2.05 bits per heavy atom. The zero-order valence-corrected chi connectivity index (χ0v) is 12.1. The monoisotopic (exact) mass is 300 g/mol. The number of amides is 1. The largest absolute Gasteiger partial charge is 0.471 e. The molecule has 0 spiro atoms. The summed E-state index contributed by atoms with van der Waals surface area (Å²) < 4.78 is 37.5. The zero-order valence-electron chi connectivity index (χ0n) is 12.1. The lowest BCUT2D eigenvalue weighted by molar-refractivity contribution is -0.184. The number of nitrogens with two attached hydrogens (primary N) is 1. The highest BCUT2D eigenvalue weighted by atomic mass is 19.4. The van der Waals surface area contributed by atoms with Crippen LogP contribution in [0.15, 0.2) is 24.3 Å². The van der Waals surface area contributed by atoms with Crippen molar-refractivity contribution >= 4 is 5.91 Å². The van der Waals surface area contributed by atoms with E-state index >= 15 is 0 Å². The van der Waals surface area contributed by atoms with Gasteiger partial charge >= 0.3 is 12.1 Å². The number of hydrogen-bond acceptors (Lipinski definition) is 2. The molecule has 0 saturated carbocycles. The number of likely N-dealkylation sites (tertiary alicyclic amines) is 1. The predicted octanol–water partition coefficient (Wildman–Crippen LogP) is 2.76. The van der Waals surface area contributed by atoms with E-state index in [1.165, 1.54) is 0 Å². The van der Waals surface area contributed by atoms with Crippen LogP contribution < -0.4 is 5.73 Å². The Kier molecular flexibility index (Phi) is 4.02. The Morgan fingerprint density at radius 1 is 1.38 bits per heavy atom. The summed E-state index contributed by atoms with van der Waals surface area (Å²) in [5.41, 5.74) is 7.21. The molecule has 1 unspecified atom stereocenters. The topological polar surface area (TPSA) is 46.3 Å². The van der Waals surface area contributed by atoms with Crippen LogP contribution in [0.25, 0.3) is 0 Å². The maximum atomic E-state index is 12.5. The van der Waals surface area contributed by atoms with Crippen molar-refractivity contribution in [2.75, 3.05) is 13.1 Å². The fourth-order valence-electron chi connectivity index (χ4n) is 2.63. The van der Waals surface area contributed by atoms with Crippen molar-refractivity contribution in [3.63, 3.8) is 0 Å². The maximum Gasteiger partial charge on any atom is 0.471 e. The third-order valence-corrected chi connectivity index (χ3v) is 3.96. The number of carbonyl (C=O) groups is 1. The predicted molar refractivity (Wildman–Crippen MR) is 73.6 cm³/mol. The third-order valence-electron chi connectivity index (χ3n) is 3.96. The maximum absolute atomic E-state index is 12.5. The average Bonchev–Trinajstić information content (AvgIpc) is 2.81. The molecular weight excluding hydrogens is 281 g/mol. The van der Waals surface area contributed by atoms with E-state index in [9.17, 15) is 18.0 Å². The SMILES string of the molecule is CC(C)c1cccc(C2(N)CCN(C(=O)C(F)(F)F)C2)c1. The van der Waals surface area contributed by atoms with E-state index < -0.39 is 17.6 Å². The van der Waals surface area contributed by atoms with E-state index in [-0.39, 0.29) is 13.1 Å². The van der Waals surface area contributed by atoms with Gasteiger partial charge < -0.3 is 10.6 Å². The molecule has 1 aliphatic rings. The smallest absolute Gasteiger partial charge is 0.333 e. The lowest BCUT2D eigenvalue weighted by atomic mass is 9.87. The fraction of sp³-hybridized carbons (Fsp3) is 0.533. The second-order valence-electron chi connectivity index (χ2n) is 5.91. The molecule has 0 radical (unpaired) electrons. The quantitative estimate of drug-likeness (QED) is 0.913. The van der Waals surface area contributed by atoms with Crippen LogP contribution in [0.2, 0.25) is 0 Å². The Bertz CT molecular complexity index is 542. The van der Waals surface area contributed by atoms with E-state index in [4.69, 9.17) is 5.73 Å². The second-order valence-corrected chi connectivity index (χ2v) is 5.91. The Morgan fingerprint density at radius 3 is 2.62 bits per heavy atom. The van der Waals surface area contributed by atoms with E-state index in [1.807, 2.05) is 38.1 Å². The molecule has 1 heterocycles. The van der Waals surface area contributed by atoms with Gasteiger partial charge in [0.1, 0.15) is 0 Å². The van der Waals surface area contributed by atoms with Gasteiger partial charge in [0, 0.05) is 13.1 Å². The molecule has 2 N–H and O–H groups in total. The first-order chi connectivity index (χ1) is 9.63. The van der Waals surface area contributed by atoms with E-state index in [1.54, 1.807) is 0 Å². The minimum atomic E-state index is -4.84. The summed E-state index contributed by atoms with van der Waals surface area (Å²) in [5, 5.41) is 0. The molecule has 0 aliphatic carbocycles. The van der Waals surface area contributed by atoms with E-state index in [2.05, 4.69) is 0 Å². The van der Waals surface area contributed by atoms with Crippen molar-refractivity contribution in [1.82, 2.24) is 4.90 Å². The van der Waals surface area contributed by atoms with Gasteiger partial charge in [-0.2, -0.15) is 13.2 Å². The normalized spacial score (nSPS) is 22.9. The second kappa shape index (κ2) is 5.33. The molecular formula is C15H19F3N2O. The molecule has 0 bridgehead atoms. The van der Waals surface area contributed by atoms with Gasteiger partial charge in [0.25, 0.3) is 0 Å². The third kappa shape index (κ3) is 3.20. The van der Waals surface area contributed by atoms with Crippen molar-refractivity contribution < 1.29 is 18.0 Å². The van der Waals surface area contributed by atoms with Crippen molar-refractivity contribution in [3.8, 4) is 0 Å². The summed E-state index contributed by atoms with van der Waals surface area (Å²) in [5.74, 6) is -1.50. The molecule has 2 rings (SSSR count). The minimum Gasteiger partial charge on any atom is -0.333 e. The van der Waals surface area contributed by atoms with Crippen LogP contribution in [0.5, 0.6) is 0 Å². The average molecular weight is 300 g/mol. The van der Waals surface area contributed by atoms with Crippen LogP contribution in [-0.4, -0.2) is 30.1 Å². The molecule has 6 heteroatoms. The molecule has 3 nitrogen and oxygen atoms in total. The van der Waals surface area contributed by atoms with Crippen LogP contribution in [0.4, 0.5) is 13.2 Å². The van der Waals surface area contributed by atoms with Crippen LogP contribution in [0, 0.1) is 0 Å². The molecule has 21 heavy (non-hydrogen) atoms. The lowest BCUT2D eigenvalue weighted by Crippen LogP contribution is -2.44. The van der Waals surface area contributed by atoms with Gasteiger partial charge in [0.15, 0.2) is 0 Å². The Labute approximate surface area is 121 Å². The van der Waals surface area contributed by atoms with Crippen LogP contribution in [0.1, 0.15) is 37.3 Å². The number of carbonyl (C=O) groups excluding carboxylic acids is 1. The molecule has 1 aromatic carbocycles. The fourth-order valence-corrected chi connectivity index (χ4v) is 2.63. The molecule has 1 aliphatic heterocycles. The summed E-state index contributed by atoms with van der Waals surface area (Å²) in [4.78, 5) is 12.1. The lowest BCUT2D eigenvalue weighted by Gasteiger charge is -2.26. The summed E-state index contributed by atoms with van der Waals surface area (Å²) in [6.45, 7) is 4.00. The van der Waals surface area contributed by atoms with Crippen LogP contribution in [0.3, 0.4) is 0 Å². The number of hydrogen-bond donors (Lipinski definition) is 1. The summed E-state index contributed by atoms with van der Waals surface area (Å²) in [6, 6.07) is 7.55. The van der Waals surface area contributed by atoms with Gasteiger partial charge in [0.05, 0.1) is 5.54 Å². The van der Waals surface area contributed by atoms with Crippen molar-refractivity contribution in [3.05, 3.63) is 35.4 Å². The minimum absolute atomic E-state index is 0.0285. The first-order valence-corrected chi connectivity index (χ1v) is 6.89. The summed E-state index contributed by atoms with van der Waals surface area (Å²) in [6.07, 6.45) is -4.51. The molecule has 116 valence electrons. The first-order valence-electron chi connectivity index (χ1n) is 6.89. The van der Waals surface area contributed by atoms with Gasteiger partial charge in [0.2, 0.25) is 0 Å². The van der Waals surface area contributed by atoms with Crippen molar-refractivity contribution in [1.29, 1.82) is 0 Å². The molecule has 1 aromatic rings. The summed E-state index contributed by atoms with van der Waals surface area (Å²) in [7, 11) is 0. The van der Waals surface area contributed by atoms with Gasteiger partial charge in [-0.25, -0.2) is 0 Å². The van der Waals surface area contributed by atoms with Crippen LogP contribution >= 0.6 is 0 Å². The Balaban J connectivity index is 2.22. The van der Waals surface area contributed by atoms with Crippen LogP contribution in [-0.2, 0) is 10.3 Å². The standard InChI is InChI=1S/C15H19F3N2O/c1-10(2)11-4-3-5-12(8-11)14(19)6-7-20(9-14)13(21)15(16,17)18/h3-5,8,10H,6-7,9,19H2,1-2H3. The van der Waals surface area contributed by atoms with Gasteiger partial charge in [-0.15, -0.1) is 0 Å². The number of alkyl halides is 3. The van der Waals surface area contributed by atoms with Gasteiger partial charge in [-0.05, 0) is 23.5 Å². The highest BCUT2D eigenvalue weighted by Crippen LogP contribution is 2.33. The summed E-state index contributed by atoms with van der Waals surface area (Å²) >= 11 is 0. The number of rotatable bonds is 2. The number of benzene rings is 1. The molecule has 1 fully saturated rings. The molecule has 0 aromatic heterocycles. The highest BCUT2D eigenvalue weighted by molar-refractivity contribution is 5.82. The molecule has 1 saturated heterocycles. The number of nitrogens with zero attached hydrogens (tertiary/aromatic N) is 1. The van der Waals surface area contributed by atoms with Crippen molar-refractivity contribution in [2.24, 2.45) is 5.73 Å². The van der Waals surface area contributed by atoms with Crippen molar-refractivity contribution in [2.45, 2.75) is 37.9 Å².